The van der Waals surface area contributed by atoms with Gasteiger partial charge in [-0.05, 0) is 151 Å². The lowest BCUT2D eigenvalue weighted by molar-refractivity contribution is 0.590. The summed E-state index contributed by atoms with van der Waals surface area (Å²) in [5.41, 5.74) is 17.2. The Morgan fingerprint density at radius 3 is 1.19 bits per heavy atom. The maximum Gasteiger partial charge on any atom is 0.136 e. The molecule has 0 N–H and O–H groups in total. The van der Waals surface area contributed by atoms with Crippen molar-refractivity contribution in [3.63, 3.8) is 0 Å². The van der Waals surface area contributed by atoms with Crippen LogP contribution in [0.3, 0.4) is 0 Å². The van der Waals surface area contributed by atoms with E-state index in [0.29, 0.717) is 5.92 Å². The van der Waals surface area contributed by atoms with Crippen molar-refractivity contribution in [1.29, 1.82) is 0 Å². The molecular weight excluding hydrogens is 849 g/mol. The Labute approximate surface area is 413 Å². The molecule has 10 aromatic carbocycles. The Morgan fingerprint density at radius 2 is 0.757 bits per heavy atom. The minimum absolute atomic E-state index is 0.0441. The third-order valence-corrected chi connectivity index (χ3v) is 14.1. The first kappa shape index (κ1) is 44.6. The van der Waals surface area contributed by atoms with Crippen molar-refractivity contribution in [2.45, 2.75) is 72.1 Å². The molecule has 0 aliphatic carbocycles. The SMILES string of the molecule is CC(C)c1ccc(-c2ccccc2N(c2ccc(C(C)(C)C)cc2)c2ccc3cc4c(cc3c2)oc2cc3cc(N(c5ccc(C(C)(C)C)cc5)c5ccccc5-c5ccccc5)ccc3cc24)cc1. The lowest BCUT2D eigenvalue weighted by Gasteiger charge is -2.29. The molecule has 0 spiro atoms. The zero-order valence-corrected chi connectivity index (χ0v) is 41.6. The molecule has 70 heavy (non-hydrogen) atoms. The molecule has 0 aliphatic heterocycles. The summed E-state index contributed by atoms with van der Waals surface area (Å²) < 4.78 is 6.85. The normalized spacial score (nSPS) is 12.1. The van der Waals surface area contributed by atoms with Gasteiger partial charge < -0.3 is 14.2 Å². The van der Waals surface area contributed by atoms with Crippen molar-refractivity contribution in [2.24, 2.45) is 0 Å². The second kappa shape index (κ2) is 17.6. The molecule has 1 aromatic heterocycles. The number of furan rings is 1. The fourth-order valence-corrected chi connectivity index (χ4v) is 10.1. The van der Waals surface area contributed by atoms with E-state index in [0.717, 1.165) is 66.8 Å². The zero-order chi connectivity index (χ0) is 48.3. The fourth-order valence-electron chi connectivity index (χ4n) is 10.1. The summed E-state index contributed by atoms with van der Waals surface area (Å²) in [5, 5.41) is 6.80. The standard InChI is InChI=1S/C67H60N2O/c1-44(2)45-22-24-47(25-23-45)59-19-13-15-21-63(59)69(55-36-30-53(31-37-55)67(6,7)8)57-33-27-49-41-61-60-40-48-26-32-56(38-50(48)42-64(60)70-65(61)43-51(49)39-57)68(54-34-28-52(29-35-54)66(3,4)5)62-20-14-12-18-58(62)46-16-10-9-11-17-46/h9-44H,1-8H3. The number of fused-ring (bicyclic) bond motifs is 5. The van der Waals surface area contributed by atoms with Crippen molar-refractivity contribution in [1.82, 2.24) is 0 Å². The van der Waals surface area contributed by atoms with E-state index in [2.05, 4.69) is 278 Å². The van der Waals surface area contributed by atoms with Gasteiger partial charge in [-0.1, -0.05) is 183 Å². The highest BCUT2D eigenvalue weighted by molar-refractivity contribution is 6.14. The molecule has 3 nitrogen and oxygen atoms in total. The van der Waals surface area contributed by atoms with Crippen LogP contribution in [0.15, 0.2) is 217 Å². The highest BCUT2D eigenvalue weighted by Crippen LogP contribution is 2.46. The van der Waals surface area contributed by atoms with E-state index in [1.54, 1.807) is 0 Å². The summed E-state index contributed by atoms with van der Waals surface area (Å²) in [6.45, 7) is 18.1. The van der Waals surface area contributed by atoms with E-state index in [9.17, 15) is 0 Å². The Bertz CT molecular complexity index is 3680. The number of rotatable bonds is 9. The molecule has 0 aliphatic rings. The summed E-state index contributed by atoms with van der Waals surface area (Å²) >= 11 is 0. The molecule has 1 heterocycles. The maximum absolute atomic E-state index is 6.85. The number of hydrogen-bond acceptors (Lipinski definition) is 3. The van der Waals surface area contributed by atoms with Crippen LogP contribution in [-0.4, -0.2) is 0 Å². The second-order valence-electron chi connectivity index (χ2n) is 21.3. The monoisotopic (exact) mass is 908 g/mol. The van der Waals surface area contributed by atoms with Crippen LogP contribution in [0, 0.1) is 0 Å². The van der Waals surface area contributed by atoms with E-state index in [-0.39, 0.29) is 10.8 Å². The Kier molecular flexibility index (Phi) is 11.2. The van der Waals surface area contributed by atoms with Gasteiger partial charge in [0.15, 0.2) is 0 Å². The van der Waals surface area contributed by atoms with Gasteiger partial charge in [0.25, 0.3) is 0 Å². The molecule has 0 radical (unpaired) electrons. The summed E-state index contributed by atoms with van der Waals surface area (Å²) in [7, 11) is 0. The highest BCUT2D eigenvalue weighted by atomic mass is 16.3. The second-order valence-corrected chi connectivity index (χ2v) is 21.3. The molecule has 0 saturated carbocycles. The molecule has 0 bridgehead atoms. The number of para-hydroxylation sites is 2. The van der Waals surface area contributed by atoms with Gasteiger partial charge in [-0.15, -0.1) is 0 Å². The number of hydrogen-bond donors (Lipinski definition) is 0. The van der Waals surface area contributed by atoms with Crippen LogP contribution in [0.25, 0.3) is 65.7 Å². The average Bonchev–Trinajstić information content (AvgIpc) is 3.71. The molecular formula is C67H60N2O. The van der Waals surface area contributed by atoms with E-state index < -0.39 is 0 Å². The lowest BCUT2D eigenvalue weighted by Crippen LogP contribution is -2.13. The van der Waals surface area contributed by atoms with Crippen molar-refractivity contribution in [3.8, 4) is 22.3 Å². The van der Waals surface area contributed by atoms with Crippen molar-refractivity contribution < 1.29 is 4.42 Å². The first-order valence-electron chi connectivity index (χ1n) is 24.8. The highest BCUT2D eigenvalue weighted by Gasteiger charge is 2.23. The van der Waals surface area contributed by atoms with Crippen LogP contribution >= 0.6 is 0 Å². The first-order chi connectivity index (χ1) is 33.8. The van der Waals surface area contributed by atoms with Crippen LogP contribution in [0.4, 0.5) is 34.1 Å². The van der Waals surface area contributed by atoms with Gasteiger partial charge in [-0.25, -0.2) is 0 Å². The summed E-state index contributed by atoms with van der Waals surface area (Å²) in [6, 6.07) is 78.1. The van der Waals surface area contributed by atoms with E-state index in [4.69, 9.17) is 4.42 Å². The quantitative estimate of drug-likeness (QED) is 0.144. The van der Waals surface area contributed by atoms with Gasteiger partial charge in [-0.2, -0.15) is 0 Å². The van der Waals surface area contributed by atoms with Crippen molar-refractivity contribution in [3.05, 3.63) is 229 Å². The van der Waals surface area contributed by atoms with Gasteiger partial charge >= 0.3 is 0 Å². The first-order valence-corrected chi connectivity index (χ1v) is 24.8. The molecule has 344 valence electrons. The van der Waals surface area contributed by atoms with Gasteiger partial charge in [0.05, 0.1) is 11.4 Å². The summed E-state index contributed by atoms with van der Waals surface area (Å²) in [5.74, 6) is 0.470. The molecule has 0 fully saturated rings. The summed E-state index contributed by atoms with van der Waals surface area (Å²) in [6.07, 6.45) is 0. The van der Waals surface area contributed by atoms with Gasteiger partial charge in [0.1, 0.15) is 11.2 Å². The Hall–Kier alpha value is -7.88. The third kappa shape index (κ3) is 8.40. The smallest absolute Gasteiger partial charge is 0.136 e. The van der Waals surface area contributed by atoms with Crippen LogP contribution in [0.2, 0.25) is 0 Å². The average molecular weight is 909 g/mol. The third-order valence-electron chi connectivity index (χ3n) is 14.1. The molecule has 0 amide bonds. The van der Waals surface area contributed by atoms with E-state index in [1.165, 1.54) is 49.7 Å². The fraction of sp³-hybridized carbons (Fsp3) is 0.164. The molecule has 0 atom stereocenters. The minimum Gasteiger partial charge on any atom is -0.456 e. The van der Waals surface area contributed by atoms with Crippen LogP contribution < -0.4 is 9.80 Å². The van der Waals surface area contributed by atoms with Gasteiger partial charge in [0.2, 0.25) is 0 Å². The zero-order valence-electron chi connectivity index (χ0n) is 41.6. The predicted octanol–water partition coefficient (Wildman–Crippen LogP) is 19.9. The predicted molar refractivity (Wildman–Crippen MR) is 300 cm³/mol. The van der Waals surface area contributed by atoms with Crippen molar-refractivity contribution >= 4 is 77.6 Å². The summed E-state index contributed by atoms with van der Waals surface area (Å²) in [4.78, 5) is 4.80. The molecule has 11 aromatic rings. The van der Waals surface area contributed by atoms with E-state index >= 15 is 0 Å². The molecule has 0 saturated heterocycles. The molecule has 3 heteroatoms. The van der Waals surface area contributed by atoms with Crippen LogP contribution in [0.1, 0.15) is 78.0 Å². The van der Waals surface area contributed by atoms with Crippen LogP contribution in [-0.2, 0) is 10.8 Å². The number of benzene rings is 10. The largest absolute Gasteiger partial charge is 0.456 e. The minimum atomic E-state index is 0.0441. The Morgan fingerprint density at radius 1 is 0.357 bits per heavy atom. The number of nitrogens with zero attached hydrogens (tertiary/aromatic N) is 2. The molecule has 0 unspecified atom stereocenters. The van der Waals surface area contributed by atoms with Crippen molar-refractivity contribution in [2.75, 3.05) is 9.80 Å². The number of anilines is 6. The Balaban J connectivity index is 1.02. The molecule has 11 rings (SSSR count). The lowest BCUT2D eigenvalue weighted by atomic mass is 9.87. The topological polar surface area (TPSA) is 19.6 Å². The van der Waals surface area contributed by atoms with Gasteiger partial charge in [-0.3, -0.25) is 0 Å². The maximum atomic E-state index is 6.85. The van der Waals surface area contributed by atoms with E-state index in [1.807, 2.05) is 0 Å². The van der Waals surface area contributed by atoms with Crippen LogP contribution in [0.5, 0.6) is 0 Å². The van der Waals surface area contributed by atoms with Gasteiger partial charge in [0, 0.05) is 44.6 Å².